The quantitative estimate of drug-likeness (QED) is 0.264. The van der Waals surface area contributed by atoms with E-state index in [4.69, 9.17) is 4.98 Å². The number of pyridine rings is 1. The van der Waals surface area contributed by atoms with Gasteiger partial charge in [0.25, 0.3) is 0 Å². The minimum absolute atomic E-state index is 0.0608. The highest BCUT2D eigenvalue weighted by molar-refractivity contribution is 5.96. The first-order valence-electron chi connectivity index (χ1n) is 16.2. The van der Waals surface area contributed by atoms with Crippen LogP contribution >= 0.6 is 0 Å². The number of likely N-dealkylation sites (tertiary alicyclic amines) is 1. The second-order valence-electron chi connectivity index (χ2n) is 12.5. The molecule has 2 fully saturated rings. The third-order valence-electron chi connectivity index (χ3n) is 9.11. The number of hydrogen-bond acceptors (Lipinski definition) is 6. The number of rotatable bonds is 9. The van der Waals surface area contributed by atoms with Gasteiger partial charge in [-0.1, -0.05) is 42.5 Å². The third kappa shape index (κ3) is 8.07. The Morgan fingerprint density at radius 3 is 2.27 bits per heavy atom. The highest BCUT2D eigenvalue weighted by Crippen LogP contribution is 2.28. The monoisotopic (exact) mass is 604 g/mol. The lowest BCUT2D eigenvalue weighted by Crippen LogP contribution is -2.44. The predicted molar refractivity (Wildman–Crippen MR) is 182 cm³/mol. The van der Waals surface area contributed by atoms with Crippen molar-refractivity contribution in [2.75, 3.05) is 56.5 Å². The molecule has 8 nitrogen and oxygen atoms in total. The lowest BCUT2D eigenvalue weighted by atomic mass is 10.0. The molecule has 0 aliphatic carbocycles. The number of carbonyl (C=O) groups excluding carboxylic acids is 2. The van der Waals surface area contributed by atoms with E-state index >= 15 is 0 Å². The smallest absolute Gasteiger partial charge is 0.224 e. The lowest BCUT2D eigenvalue weighted by molar-refractivity contribution is -0.125. The van der Waals surface area contributed by atoms with Gasteiger partial charge in [0.15, 0.2) is 0 Å². The standard InChI is InChI=1S/C37H44N6O2/c1-27-24-35(29-8-11-32(12-9-29)43-22-20-41(2)21-23-43)40-34-13-10-31(25-33(27)34)39-37(45)15-14-36(44)38-30-16-18-42(19-17-30)26-28-6-4-3-5-7-28/h3-13,24-25,30H,14-23,26H2,1-2H3,(H,38,44)(H,39,45). The van der Waals surface area contributed by atoms with Gasteiger partial charge in [0.1, 0.15) is 0 Å². The lowest BCUT2D eigenvalue weighted by Gasteiger charge is -2.34. The fourth-order valence-corrected chi connectivity index (χ4v) is 6.35. The molecule has 2 amide bonds. The molecular weight excluding hydrogens is 560 g/mol. The number of anilines is 2. The molecule has 2 saturated heterocycles. The van der Waals surface area contributed by atoms with Crippen LogP contribution in [0.25, 0.3) is 22.2 Å². The van der Waals surface area contributed by atoms with Crippen LogP contribution in [0.2, 0.25) is 0 Å². The van der Waals surface area contributed by atoms with Crippen molar-refractivity contribution < 1.29 is 9.59 Å². The summed E-state index contributed by atoms with van der Waals surface area (Å²) in [6.45, 7) is 9.20. The Bertz CT molecular complexity index is 1610. The van der Waals surface area contributed by atoms with Crippen LogP contribution in [0.3, 0.4) is 0 Å². The van der Waals surface area contributed by atoms with Crippen LogP contribution in [0, 0.1) is 6.92 Å². The maximum atomic E-state index is 12.7. The number of piperazine rings is 1. The number of nitrogens with zero attached hydrogens (tertiary/aromatic N) is 4. The molecule has 1 aromatic heterocycles. The van der Waals surface area contributed by atoms with Gasteiger partial charge in [0.05, 0.1) is 11.2 Å². The Morgan fingerprint density at radius 1 is 0.822 bits per heavy atom. The molecular formula is C37H44N6O2. The maximum Gasteiger partial charge on any atom is 0.224 e. The van der Waals surface area contributed by atoms with Crippen molar-refractivity contribution >= 4 is 34.1 Å². The average molecular weight is 605 g/mol. The number of carbonyl (C=O) groups is 2. The van der Waals surface area contributed by atoms with Crippen LogP contribution in [0.5, 0.6) is 0 Å². The summed E-state index contributed by atoms with van der Waals surface area (Å²) in [5.74, 6) is -0.223. The number of nitrogens with one attached hydrogen (secondary N) is 2. The van der Waals surface area contributed by atoms with Crippen LogP contribution in [-0.2, 0) is 16.1 Å². The summed E-state index contributed by atoms with van der Waals surface area (Å²) in [5.41, 5.74) is 7.30. The fraction of sp³-hybridized carbons (Fsp3) is 0.378. The Balaban J connectivity index is 0.979. The number of benzene rings is 3. The number of piperidine rings is 1. The predicted octanol–water partition coefficient (Wildman–Crippen LogP) is 5.46. The molecule has 4 aromatic rings. The molecule has 0 unspecified atom stereocenters. The molecule has 0 atom stereocenters. The molecule has 0 radical (unpaired) electrons. The van der Waals surface area contributed by atoms with E-state index in [0.29, 0.717) is 5.69 Å². The summed E-state index contributed by atoms with van der Waals surface area (Å²) < 4.78 is 0. The van der Waals surface area contributed by atoms with Crippen LogP contribution in [0.4, 0.5) is 11.4 Å². The zero-order valence-electron chi connectivity index (χ0n) is 26.5. The molecule has 3 heterocycles. The van der Waals surface area contributed by atoms with Crippen LogP contribution in [0.1, 0.15) is 36.8 Å². The Morgan fingerprint density at radius 2 is 1.53 bits per heavy atom. The molecule has 2 N–H and O–H groups in total. The molecule has 234 valence electrons. The number of hydrogen-bond donors (Lipinski definition) is 2. The van der Waals surface area contributed by atoms with E-state index in [1.807, 2.05) is 24.3 Å². The molecule has 0 saturated carbocycles. The molecule has 0 spiro atoms. The number of likely N-dealkylation sites (N-methyl/N-ethyl adjacent to an activating group) is 1. The normalized spacial score (nSPS) is 16.5. The fourth-order valence-electron chi connectivity index (χ4n) is 6.35. The van der Waals surface area contributed by atoms with Crippen molar-refractivity contribution in [3.05, 3.63) is 90.0 Å². The summed E-state index contributed by atoms with van der Waals surface area (Å²) >= 11 is 0. The first-order chi connectivity index (χ1) is 21.9. The minimum atomic E-state index is -0.162. The summed E-state index contributed by atoms with van der Waals surface area (Å²) in [5, 5.41) is 7.11. The van der Waals surface area contributed by atoms with Crippen LogP contribution in [-0.4, -0.2) is 79.0 Å². The van der Waals surface area contributed by atoms with E-state index in [1.54, 1.807) is 0 Å². The van der Waals surface area contributed by atoms with Crippen molar-refractivity contribution in [3.63, 3.8) is 0 Å². The van der Waals surface area contributed by atoms with E-state index in [9.17, 15) is 9.59 Å². The Hall–Kier alpha value is -4.27. The highest BCUT2D eigenvalue weighted by atomic mass is 16.2. The first-order valence-corrected chi connectivity index (χ1v) is 16.2. The Labute approximate surface area is 266 Å². The highest BCUT2D eigenvalue weighted by Gasteiger charge is 2.21. The molecule has 2 aliphatic rings. The molecule has 8 heteroatoms. The van der Waals surface area contributed by atoms with Gasteiger partial charge < -0.3 is 20.4 Å². The van der Waals surface area contributed by atoms with E-state index in [2.05, 4.69) is 93.9 Å². The molecule has 45 heavy (non-hydrogen) atoms. The second kappa shape index (κ2) is 14.2. The summed E-state index contributed by atoms with van der Waals surface area (Å²) in [7, 11) is 2.17. The Kier molecular flexibility index (Phi) is 9.72. The van der Waals surface area contributed by atoms with E-state index in [1.165, 1.54) is 11.3 Å². The number of fused-ring (bicyclic) bond motifs is 1. The van der Waals surface area contributed by atoms with Gasteiger partial charge in [-0.15, -0.1) is 0 Å². The van der Waals surface area contributed by atoms with E-state index in [0.717, 1.165) is 86.4 Å². The largest absolute Gasteiger partial charge is 0.369 e. The first kappa shape index (κ1) is 30.7. The van der Waals surface area contributed by atoms with Gasteiger partial charge in [0.2, 0.25) is 11.8 Å². The van der Waals surface area contributed by atoms with Crippen molar-refractivity contribution in [2.24, 2.45) is 0 Å². The van der Waals surface area contributed by atoms with Crippen molar-refractivity contribution in [2.45, 2.75) is 45.2 Å². The number of aryl methyl sites for hydroxylation is 1. The maximum absolute atomic E-state index is 12.7. The number of aromatic nitrogens is 1. The van der Waals surface area contributed by atoms with Gasteiger partial charge in [-0.25, -0.2) is 4.98 Å². The minimum Gasteiger partial charge on any atom is -0.369 e. The topological polar surface area (TPSA) is 80.8 Å². The van der Waals surface area contributed by atoms with Crippen molar-refractivity contribution in [1.29, 1.82) is 0 Å². The SMILES string of the molecule is Cc1cc(-c2ccc(N3CCN(C)CC3)cc2)nc2ccc(NC(=O)CCC(=O)NC3CCN(Cc4ccccc4)CC3)cc12. The van der Waals surface area contributed by atoms with Crippen LogP contribution in [0.15, 0.2) is 78.9 Å². The molecule has 3 aromatic carbocycles. The zero-order valence-corrected chi connectivity index (χ0v) is 26.5. The average Bonchev–Trinajstić information content (AvgIpc) is 3.06. The van der Waals surface area contributed by atoms with E-state index in [-0.39, 0.29) is 30.7 Å². The molecule has 0 bridgehead atoms. The molecule has 2 aliphatic heterocycles. The van der Waals surface area contributed by atoms with Gasteiger partial charge in [-0.05, 0) is 74.3 Å². The van der Waals surface area contributed by atoms with Crippen LogP contribution < -0.4 is 15.5 Å². The summed E-state index contributed by atoms with van der Waals surface area (Å²) in [4.78, 5) is 37.5. The number of amides is 2. The van der Waals surface area contributed by atoms with Gasteiger partial charge >= 0.3 is 0 Å². The van der Waals surface area contributed by atoms with Gasteiger partial charge in [-0.3, -0.25) is 14.5 Å². The van der Waals surface area contributed by atoms with Gasteiger partial charge in [0, 0.05) is 87.0 Å². The second-order valence-corrected chi connectivity index (χ2v) is 12.5. The summed E-state index contributed by atoms with van der Waals surface area (Å²) in [6.07, 6.45) is 2.19. The van der Waals surface area contributed by atoms with Crippen molar-refractivity contribution in [1.82, 2.24) is 20.1 Å². The zero-order chi connectivity index (χ0) is 31.2. The summed E-state index contributed by atoms with van der Waals surface area (Å²) in [6, 6.07) is 27.3. The van der Waals surface area contributed by atoms with Gasteiger partial charge in [-0.2, -0.15) is 0 Å². The molecule has 6 rings (SSSR count). The van der Waals surface area contributed by atoms with Crippen molar-refractivity contribution in [3.8, 4) is 11.3 Å². The third-order valence-corrected chi connectivity index (χ3v) is 9.11. The van der Waals surface area contributed by atoms with E-state index < -0.39 is 0 Å².